The van der Waals surface area contributed by atoms with Crippen molar-refractivity contribution in [1.29, 1.82) is 0 Å². The summed E-state index contributed by atoms with van der Waals surface area (Å²) >= 11 is 1.56. The van der Waals surface area contributed by atoms with Crippen molar-refractivity contribution in [2.24, 2.45) is 0 Å². The van der Waals surface area contributed by atoms with Gasteiger partial charge < -0.3 is 5.32 Å². The van der Waals surface area contributed by atoms with Gasteiger partial charge in [0.05, 0.1) is 0 Å². The molecule has 0 spiro atoms. The molecular weight excluding hydrogens is 188 g/mol. The quantitative estimate of drug-likeness (QED) is 0.657. The van der Waals surface area contributed by atoms with E-state index in [0.717, 1.165) is 10.4 Å². The van der Waals surface area contributed by atoms with E-state index in [2.05, 4.69) is 10.6 Å². The fourth-order valence-corrected chi connectivity index (χ4v) is 2.00. The first-order valence-corrected chi connectivity index (χ1v) is 4.71. The monoisotopic (exact) mass is 196 g/mol. The Balaban J connectivity index is 2.27. The summed E-state index contributed by atoms with van der Waals surface area (Å²) in [6, 6.07) is 0.983. The number of carbonyl (C=O) groups excluding carboxylic acids is 2. The van der Waals surface area contributed by atoms with E-state index in [4.69, 9.17) is 0 Å². The fraction of sp³-hybridized carbons (Fsp3) is 0.250. The summed E-state index contributed by atoms with van der Waals surface area (Å²) in [5.41, 5.74) is 0.853. The van der Waals surface area contributed by atoms with E-state index >= 15 is 0 Å². The van der Waals surface area contributed by atoms with Crippen molar-refractivity contribution in [1.82, 2.24) is 10.6 Å². The molecule has 1 fully saturated rings. The van der Waals surface area contributed by atoms with Crippen LogP contribution in [0.1, 0.15) is 16.5 Å². The molecule has 1 aromatic rings. The number of hydrogen-bond donors (Lipinski definition) is 2. The Kier molecular flexibility index (Phi) is 1.81. The molecule has 1 saturated heterocycles. The molecular formula is C8H8N2O2S. The van der Waals surface area contributed by atoms with E-state index in [1.165, 1.54) is 0 Å². The van der Waals surface area contributed by atoms with Crippen LogP contribution in [-0.2, 0) is 4.79 Å². The molecule has 0 saturated carbocycles. The van der Waals surface area contributed by atoms with Gasteiger partial charge in [-0.2, -0.15) is 0 Å². The Hall–Kier alpha value is -1.36. The van der Waals surface area contributed by atoms with Crippen LogP contribution in [0.25, 0.3) is 0 Å². The molecule has 4 nitrogen and oxygen atoms in total. The van der Waals surface area contributed by atoms with E-state index in [1.54, 1.807) is 11.3 Å². The first kappa shape index (κ1) is 8.25. The zero-order valence-electron chi connectivity index (χ0n) is 6.96. The highest BCUT2D eigenvalue weighted by Crippen LogP contribution is 2.22. The van der Waals surface area contributed by atoms with Gasteiger partial charge in [-0.1, -0.05) is 0 Å². The lowest BCUT2D eigenvalue weighted by molar-refractivity contribution is -0.120. The van der Waals surface area contributed by atoms with Crippen LogP contribution in [0.4, 0.5) is 4.79 Å². The predicted octanol–water partition coefficient (Wildman–Crippen LogP) is 0.937. The van der Waals surface area contributed by atoms with Gasteiger partial charge in [-0.3, -0.25) is 10.1 Å². The maximum atomic E-state index is 11.2. The van der Waals surface area contributed by atoms with Crippen LogP contribution in [0, 0.1) is 6.92 Å². The first-order chi connectivity index (χ1) is 6.16. The number of rotatable bonds is 1. The van der Waals surface area contributed by atoms with Crippen molar-refractivity contribution in [2.75, 3.05) is 0 Å². The number of carbonyl (C=O) groups is 2. The SMILES string of the molecule is Cc1cc(C2NC(=O)NC2=O)cs1. The minimum Gasteiger partial charge on any atom is -0.322 e. The van der Waals surface area contributed by atoms with Crippen molar-refractivity contribution in [3.8, 4) is 0 Å². The number of thiophene rings is 1. The van der Waals surface area contributed by atoms with Crippen LogP contribution in [0.15, 0.2) is 11.4 Å². The lowest BCUT2D eigenvalue weighted by Crippen LogP contribution is -2.22. The van der Waals surface area contributed by atoms with E-state index in [1.807, 2.05) is 18.4 Å². The topological polar surface area (TPSA) is 58.2 Å². The van der Waals surface area contributed by atoms with Crippen LogP contribution in [-0.4, -0.2) is 11.9 Å². The molecule has 2 N–H and O–H groups in total. The van der Waals surface area contributed by atoms with E-state index in [0.29, 0.717) is 0 Å². The Bertz CT molecular complexity index is 372. The first-order valence-electron chi connectivity index (χ1n) is 3.83. The molecule has 68 valence electrons. The summed E-state index contributed by atoms with van der Waals surface area (Å²) in [5, 5.41) is 6.61. The summed E-state index contributed by atoms with van der Waals surface area (Å²) in [6.45, 7) is 1.96. The van der Waals surface area contributed by atoms with Crippen LogP contribution >= 0.6 is 11.3 Å². The largest absolute Gasteiger partial charge is 0.322 e. The van der Waals surface area contributed by atoms with Gasteiger partial charge in [0.15, 0.2) is 0 Å². The molecule has 3 amide bonds. The second-order valence-electron chi connectivity index (χ2n) is 2.89. The Morgan fingerprint density at radius 2 is 2.23 bits per heavy atom. The highest BCUT2D eigenvalue weighted by atomic mass is 32.1. The van der Waals surface area contributed by atoms with Crippen molar-refractivity contribution >= 4 is 23.3 Å². The molecule has 13 heavy (non-hydrogen) atoms. The molecule has 1 aliphatic heterocycles. The van der Waals surface area contributed by atoms with Gasteiger partial charge >= 0.3 is 6.03 Å². The zero-order valence-corrected chi connectivity index (χ0v) is 7.77. The second-order valence-corrected chi connectivity index (χ2v) is 4.00. The van der Waals surface area contributed by atoms with Crippen molar-refractivity contribution in [3.63, 3.8) is 0 Å². The molecule has 0 aliphatic carbocycles. The molecule has 0 radical (unpaired) electrons. The third-order valence-electron chi connectivity index (χ3n) is 1.86. The molecule has 0 aromatic carbocycles. The Labute approximate surface area is 78.9 Å². The maximum Gasteiger partial charge on any atom is 0.322 e. The number of hydrogen-bond acceptors (Lipinski definition) is 3. The summed E-state index contributed by atoms with van der Waals surface area (Å²) in [7, 11) is 0. The number of imide groups is 1. The van der Waals surface area contributed by atoms with Gasteiger partial charge in [0.1, 0.15) is 6.04 Å². The number of urea groups is 1. The fourth-order valence-electron chi connectivity index (χ4n) is 1.27. The minimum atomic E-state index is -0.502. The van der Waals surface area contributed by atoms with E-state index in [9.17, 15) is 9.59 Å². The predicted molar refractivity (Wildman–Crippen MR) is 48.5 cm³/mol. The second kappa shape index (κ2) is 2.85. The average Bonchev–Trinajstić information content (AvgIpc) is 2.58. The third-order valence-corrected chi connectivity index (χ3v) is 2.74. The Morgan fingerprint density at radius 1 is 1.46 bits per heavy atom. The summed E-state index contributed by atoms with van der Waals surface area (Å²) in [4.78, 5) is 23.1. The number of nitrogens with one attached hydrogen (secondary N) is 2. The lowest BCUT2D eigenvalue weighted by atomic mass is 10.1. The molecule has 5 heteroatoms. The highest BCUT2D eigenvalue weighted by molar-refractivity contribution is 7.10. The molecule has 1 atom stereocenters. The minimum absolute atomic E-state index is 0.275. The van der Waals surface area contributed by atoms with Crippen molar-refractivity contribution in [3.05, 3.63) is 21.9 Å². The molecule has 2 heterocycles. The van der Waals surface area contributed by atoms with Crippen molar-refractivity contribution in [2.45, 2.75) is 13.0 Å². The average molecular weight is 196 g/mol. The van der Waals surface area contributed by atoms with Crippen LogP contribution in [0.2, 0.25) is 0 Å². The van der Waals surface area contributed by atoms with Crippen LogP contribution in [0.3, 0.4) is 0 Å². The molecule has 1 aliphatic rings. The smallest absolute Gasteiger partial charge is 0.322 e. The summed E-state index contributed by atoms with van der Waals surface area (Å²) in [5.74, 6) is -0.275. The highest BCUT2D eigenvalue weighted by Gasteiger charge is 2.31. The molecule has 1 aromatic heterocycles. The normalized spacial score (nSPS) is 21.5. The zero-order chi connectivity index (χ0) is 9.42. The molecule has 1 unspecified atom stereocenters. The molecule has 0 bridgehead atoms. The van der Waals surface area contributed by atoms with Gasteiger partial charge in [-0.15, -0.1) is 11.3 Å². The van der Waals surface area contributed by atoms with Crippen LogP contribution in [0.5, 0.6) is 0 Å². The van der Waals surface area contributed by atoms with Gasteiger partial charge in [-0.25, -0.2) is 4.79 Å². The van der Waals surface area contributed by atoms with Gasteiger partial charge in [0.25, 0.3) is 5.91 Å². The van der Waals surface area contributed by atoms with E-state index < -0.39 is 12.1 Å². The number of aryl methyl sites for hydroxylation is 1. The van der Waals surface area contributed by atoms with Gasteiger partial charge in [0.2, 0.25) is 0 Å². The van der Waals surface area contributed by atoms with Crippen molar-refractivity contribution < 1.29 is 9.59 Å². The summed E-state index contributed by atoms with van der Waals surface area (Å²) in [6.07, 6.45) is 0. The molecule has 2 rings (SSSR count). The van der Waals surface area contributed by atoms with E-state index in [-0.39, 0.29) is 5.91 Å². The van der Waals surface area contributed by atoms with Gasteiger partial charge in [-0.05, 0) is 23.9 Å². The Morgan fingerprint density at radius 3 is 2.69 bits per heavy atom. The maximum absolute atomic E-state index is 11.2. The third kappa shape index (κ3) is 1.42. The lowest BCUT2D eigenvalue weighted by Gasteiger charge is -2.02. The van der Waals surface area contributed by atoms with Crippen LogP contribution < -0.4 is 10.6 Å². The standard InChI is InChI=1S/C8H8N2O2S/c1-4-2-5(3-13-4)6-7(11)10-8(12)9-6/h2-3,6H,1H3,(H2,9,10,11,12). The van der Waals surface area contributed by atoms with Gasteiger partial charge in [0, 0.05) is 4.88 Å². The summed E-state index contributed by atoms with van der Waals surface area (Å²) < 4.78 is 0. The number of amides is 3.